The molecule has 6 heteroatoms. The molecule has 1 aromatic rings. The van der Waals surface area contributed by atoms with Crippen LogP contribution in [0.25, 0.3) is 0 Å². The molecule has 0 aromatic heterocycles. The fourth-order valence-electron chi connectivity index (χ4n) is 1.87. The molecule has 1 aliphatic heterocycles. The number of halogens is 2. The third-order valence-electron chi connectivity index (χ3n) is 2.81. The summed E-state index contributed by atoms with van der Waals surface area (Å²) in [6.45, 7) is 0.555. The molecule has 1 heterocycles. The molecule has 0 saturated carbocycles. The summed E-state index contributed by atoms with van der Waals surface area (Å²) in [6.07, 6.45) is 0.657. The number of hydrogen-bond donors (Lipinski definition) is 1. The van der Waals surface area contributed by atoms with Crippen molar-refractivity contribution >= 4 is 25.8 Å². The van der Waals surface area contributed by atoms with E-state index in [-0.39, 0.29) is 23.4 Å². The van der Waals surface area contributed by atoms with E-state index in [1.54, 1.807) is 12.1 Å². The highest BCUT2D eigenvalue weighted by Gasteiger charge is 2.27. The van der Waals surface area contributed by atoms with Gasteiger partial charge < -0.3 is 5.32 Å². The molecule has 1 unspecified atom stereocenters. The second kappa shape index (κ2) is 5.04. The van der Waals surface area contributed by atoms with Crippen LogP contribution in [0.5, 0.6) is 0 Å². The molecule has 2 rings (SSSR count). The Balaban J connectivity index is 1.92. The Morgan fingerprint density at radius 3 is 2.82 bits per heavy atom. The van der Waals surface area contributed by atoms with Gasteiger partial charge in [0.2, 0.25) is 0 Å². The van der Waals surface area contributed by atoms with Crippen LogP contribution in [0.1, 0.15) is 12.0 Å². The maximum atomic E-state index is 13.0. The van der Waals surface area contributed by atoms with E-state index in [9.17, 15) is 12.8 Å². The highest BCUT2D eigenvalue weighted by atomic mass is 79.9. The first-order valence-electron chi connectivity index (χ1n) is 5.34. The third kappa shape index (κ3) is 3.50. The fourth-order valence-corrected chi connectivity index (χ4v) is 4.00. The van der Waals surface area contributed by atoms with E-state index in [2.05, 4.69) is 21.2 Å². The lowest BCUT2D eigenvalue weighted by Crippen LogP contribution is -2.29. The predicted octanol–water partition coefficient (Wildman–Crippen LogP) is 1.86. The largest absolute Gasteiger partial charge is 0.309 e. The highest BCUT2D eigenvalue weighted by Crippen LogP contribution is 2.17. The Morgan fingerprint density at radius 2 is 2.24 bits per heavy atom. The van der Waals surface area contributed by atoms with Crippen molar-refractivity contribution < 1.29 is 12.8 Å². The summed E-state index contributed by atoms with van der Waals surface area (Å²) < 4.78 is 35.9. The van der Waals surface area contributed by atoms with Crippen LogP contribution >= 0.6 is 15.9 Å². The summed E-state index contributed by atoms with van der Waals surface area (Å²) in [5, 5.41) is 3.18. The average Bonchev–Trinajstić information content (AvgIpc) is 2.60. The molecule has 0 aliphatic carbocycles. The minimum Gasteiger partial charge on any atom is -0.309 e. The van der Waals surface area contributed by atoms with Crippen molar-refractivity contribution in [1.82, 2.24) is 5.32 Å². The lowest BCUT2D eigenvalue weighted by Gasteiger charge is -2.10. The van der Waals surface area contributed by atoms with Crippen molar-refractivity contribution in [2.75, 3.05) is 11.5 Å². The number of rotatable bonds is 3. The summed E-state index contributed by atoms with van der Waals surface area (Å²) >= 11 is 3.12. The predicted molar refractivity (Wildman–Crippen MR) is 68.0 cm³/mol. The summed E-state index contributed by atoms with van der Waals surface area (Å²) in [6, 6.07) is 4.80. The number of benzene rings is 1. The van der Waals surface area contributed by atoms with Gasteiger partial charge in [-0.15, -0.1) is 0 Å². The van der Waals surface area contributed by atoms with Crippen LogP contribution in [0, 0.1) is 5.82 Å². The first kappa shape index (κ1) is 13.0. The summed E-state index contributed by atoms with van der Waals surface area (Å²) in [7, 11) is -2.85. The SMILES string of the molecule is O=S1(=O)CCC(NCc2ccc(F)c(Br)c2)C1. The highest BCUT2D eigenvalue weighted by molar-refractivity contribution is 9.10. The van der Waals surface area contributed by atoms with Crippen molar-refractivity contribution in [2.24, 2.45) is 0 Å². The van der Waals surface area contributed by atoms with Gasteiger partial charge in [0.05, 0.1) is 16.0 Å². The minimum absolute atomic E-state index is 0.0174. The van der Waals surface area contributed by atoms with Gasteiger partial charge in [0.15, 0.2) is 9.84 Å². The Hall–Kier alpha value is -0.460. The molecule has 1 aromatic carbocycles. The molecule has 1 saturated heterocycles. The second-order valence-corrected chi connectivity index (χ2v) is 7.31. The molecular weight excluding hydrogens is 309 g/mol. The van der Waals surface area contributed by atoms with Crippen molar-refractivity contribution in [2.45, 2.75) is 19.0 Å². The number of hydrogen-bond acceptors (Lipinski definition) is 3. The number of nitrogens with one attached hydrogen (secondary N) is 1. The maximum Gasteiger partial charge on any atom is 0.151 e. The van der Waals surface area contributed by atoms with Gasteiger partial charge in [-0.1, -0.05) is 6.07 Å². The molecule has 0 radical (unpaired) electrons. The smallest absolute Gasteiger partial charge is 0.151 e. The van der Waals surface area contributed by atoms with E-state index in [4.69, 9.17) is 0 Å². The Labute approximate surface area is 108 Å². The first-order valence-corrected chi connectivity index (χ1v) is 7.95. The minimum atomic E-state index is -2.85. The molecule has 0 bridgehead atoms. The molecule has 3 nitrogen and oxygen atoms in total. The van der Waals surface area contributed by atoms with E-state index >= 15 is 0 Å². The lowest BCUT2D eigenvalue weighted by atomic mass is 10.2. The topological polar surface area (TPSA) is 46.2 Å². The molecular formula is C11H13BrFNO2S. The van der Waals surface area contributed by atoms with Crippen molar-refractivity contribution in [3.8, 4) is 0 Å². The molecule has 17 heavy (non-hydrogen) atoms. The van der Waals surface area contributed by atoms with Crippen LogP contribution in [-0.2, 0) is 16.4 Å². The van der Waals surface area contributed by atoms with Crippen molar-refractivity contribution in [3.63, 3.8) is 0 Å². The van der Waals surface area contributed by atoms with Gasteiger partial charge in [-0.3, -0.25) is 0 Å². The van der Waals surface area contributed by atoms with Gasteiger partial charge in [0.1, 0.15) is 5.82 Å². The molecule has 0 spiro atoms. The normalized spacial score (nSPS) is 22.8. The Bertz CT molecular complexity index is 518. The summed E-state index contributed by atoms with van der Waals surface area (Å²) in [5.74, 6) is 0.171. The van der Waals surface area contributed by atoms with Gasteiger partial charge in [-0.25, -0.2) is 12.8 Å². The molecule has 1 fully saturated rings. The van der Waals surface area contributed by atoms with Crippen molar-refractivity contribution in [3.05, 3.63) is 34.1 Å². The van der Waals surface area contributed by atoms with Gasteiger partial charge >= 0.3 is 0 Å². The zero-order valence-corrected chi connectivity index (χ0v) is 11.5. The Morgan fingerprint density at radius 1 is 1.47 bits per heavy atom. The van der Waals surface area contributed by atoms with E-state index in [0.717, 1.165) is 5.56 Å². The molecule has 1 N–H and O–H groups in total. The second-order valence-electron chi connectivity index (χ2n) is 4.23. The third-order valence-corrected chi connectivity index (χ3v) is 5.19. The molecule has 94 valence electrons. The maximum absolute atomic E-state index is 13.0. The van der Waals surface area contributed by atoms with E-state index < -0.39 is 9.84 Å². The lowest BCUT2D eigenvalue weighted by molar-refractivity contribution is 0.553. The molecule has 0 amide bonds. The van der Waals surface area contributed by atoms with E-state index in [1.807, 2.05) is 0 Å². The van der Waals surface area contributed by atoms with Crippen LogP contribution in [-0.4, -0.2) is 26.0 Å². The van der Waals surface area contributed by atoms with Gasteiger partial charge in [-0.2, -0.15) is 0 Å². The zero-order chi connectivity index (χ0) is 12.5. The molecule has 1 atom stereocenters. The number of sulfone groups is 1. The van der Waals surface area contributed by atoms with Crippen LogP contribution in [0.4, 0.5) is 4.39 Å². The monoisotopic (exact) mass is 321 g/mol. The zero-order valence-electron chi connectivity index (χ0n) is 9.12. The quantitative estimate of drug-likeness (QED) is 0.924. The van der Waals surface area contributed by atoms with E-state index in [0.29, 0.717) is 17.4 Å². The van der Waals surface area contributed by atoms with Crippen LogP contribution in [0.15, 0.2) is 22.7 Å². The van der Waals surface area contributed by atoms with Gasteiger partial charge in [0.25, 0.3) is 0 Å². The Kier molecular flexibility index (Phi) is 3.85. The van der Waals surface area contributed by atoms with Crippen LogP contribution < -0.4 is 5.32 Å². The standard InChI is InChI=1S/C11H13BrFNO2S/c12-10-5-8(1-2-11(10)13)6-14-9-3-4-17(15,16)7-9/h1-2,5,9,14H,3-4,6-7H2. The fraction of sp³-hybridized carbons (Fsp3) is 0.455. The average molecular weight is 322 g/mol. The van der Waals surface area contributed by atoms with Crippen molar-refractivity contribution in [1.29, 1.82) is 0 Å². The van der Waals surface area contributed by atoms with Gasteiger partial charge in [-0.05, 0) is 40.0 Å². The first-order chi connectivity index (χ1) is 7.96. The summed E-state index contributed by atoms with van der Waals surface area (Å²) in [5.41, 5.74) is 0.933. The van der Waals surface area contributed by atoms with Crippen LogP contribution in [0.2, 0.25) is 0 Å². The van der Waals surface area contributed by atoms with Gasteiger partial charge in [0, 0.05) is 12.6 Å². The molecule has 1 aliphatic rings. The van der Waals surface area contributed by atoms with E-state index in [1.165, 1.54) is 6.07 Å². The van der Waals surface area contributed by atoms with Crippen LogP contribution in [0.3, 0.4) is 0 Å². The summed E-state index contributed by atoms with van der Waals surface area (Å²) in [4.78, 5) is 0.